The summed E-state index contributed by atoms with van der Waals surface area (Å²) in [5.41, 5.74) is 0. The molecule has 1 saturated heterocycles. The van der Waals surface area contributed by atoms with Crippen molar-refractivity contribution < 1.29 is 14.2 Å². The van der Waals surface area contributed by atoms with Gasteiger partial charge in [0.25, 0.3) is 0 Å². The minimum atomic E-state index is 0. The number of guanidine groups is 1. The summed E-state index contributed by atoms with van der Waals surface area (Å²) in [5, 5.41) is 4.03. The van der Waals surface area contributed by atoms with Gasteiger partial charge in [0.1, 0.15) is 12.4 Å². The van der Waals surface area contributed by atoms with Crippen LogP contribution in [0.25, 0.3) is 0 Å². The number of hydrogen-bond donors (Lipinski definition) is 1. The van der Waals surface area contributed by atoms with E-state index < -0.39 is 0 Å². The zero-order valence-electron chi connectivity index (χ0n) is 16.9. The number of benzene rings is 1. The number of nitrogens with zero attached hydrogens (tertiary/aromatic N) is 2. The summed E-state index contributed by atoms with van der Waals surface area (Å²) in [6.45, 7) is 7.35. The van der Waals surface area contributed by atoms with Crippen LogP contribution in [-0.4, -0.2) is 70.1 Å². The number of ether oxygens (including phenoxy) is 3. The molecule has 2 rings (SSSR count). The van der Waals surface area contributed by atoms with Gasteiger partial charge in [-0.05, 0) is 50.5 Å². The van der Waals surface area contributed by atoms with Crippen LogP contribution in [0.1, 0.15) is 26.2 Å². The molecule has 0 radical (unpaired) electrons. The molecule has 1 aliphatic heterocycles. The molecule has 28 heavy (non-hydrogen) atoms. The molecule has 1 fully saturated rings. The highest BCUT2D eigenvalue weighted by atomic mass is 127. The second kappa shape index (κ2) is 15.1. The van der Waals surface area contributed by atoms with Crippen molar-refractivity contribution in [2.45, 2.75) is 32.3 Å². The van der Waals surface area contributed by atoms with E-state index >= 15 is 0 Å². The lowest BCUT2D eigenvalue weighted by Crippen LogP contribution is -2.41. The topological polar surface area (TPSA) is 55.3 Å². The molecule has 0 spiro atoms. The fraction of sp³-hybridized carbons (Fsp3) is 0.650. The molecule has 1 aliphatic rings. The quantitative estimate of drug-likeness (QED) is 0.218. The Kier molecular flexibility index (Phi) is 13.6. The molecular weight excluding hydrogens is 493 g/mol. The minimum absolute atomic E-state index is 0. The summed E-state index contributed by atoms with van der Waals surface area (Å²) in [4.78, 5) is 6.77. The van der Waals surface area contributed by atoms with Gasteiger partial charge < -0.3 is 24.4 Å². The van der Waals surface area contributed by atoms with Crippen LogP contribution in [-0.2, 0) is 9.47 Å². The Hall–Kier alpha value is -0.770. The van der Waals surface area contributed by atoms with Gasteiger partial charge in [0, 0.05) is 45.0 Å². The average Bonchev–Trinajstić information content (AvgIpc) is 2.69. The van der Waals surface area contributed by atoms with Gasteiger partial charge in [-0.3, -0.25) is 4.99 Å². The molecule has 1 aromatic rings. The zero-order valence-corrected chi connectivity index (χ0v) is 19.9. The van der Waals surface area contributed by atoms with Gasteiger partial charge in [-0.25, -0.2) is 0 Å². The van der Waals surface area contributed by atoms with E-state index in [1.807, 2.05) is 31.3 Å². The maximum Gasteiger partial charge on any atom is 0.193 e. The lowest BCUT2D eigenvalue weighted by molar-refractivity contribution is -0.0318. The van der Waals surface area contributed by atoms with E-state index in [0.29, 0.717) is 17.7 Å². The molecule has 0 aliphatic carbocycles. The van der Waals surface area contributed by atoms with E-state index in [1.165, 1.54) is 0 Å². The van der Waals surface area contributed by atoms with Crippen LogP contribution in [0.5, 0.6) is 5.75 Å². The van der Waals surface area contributed by atoms with Crippen LogP contribution >= 0.6 is 35.6 Å². The third-order valence-electron chi connectivity index (χ3n) is 4.29. The predicted molar refractivity (Wildman–Crippen MR) is 125 cm³/mol. The Morgan fingerprint density at radius 3 is 2.64 bits per heavy atom. The summed E-state index contributed by atoms with van der Waals surface area (Å²) < 4.78 is 17.0. The Morgan fingerprint density at radius 1 is 1.25 bits per heavy atom. The van der Waals surface area contributed by atoms with E-state index in [1.54, 1.807) is 0 Å². The molecule has 0 saturated carbocycles. The fourth-order valence-corrected chi connectivity index (χ4v) is 2.87. The van der Waals surface area contributed by atoms with Crippen LogP contribution < -0.4 is 10.1 Å². The molecule has 1 aromatic carbocycles. The number of likely N-dealkylation sites (N-methyl/N-ethyl adjacent to an activating group) is 1. The van der Waals surface area contributed by atoms with Crippen molar-refractivity contribution in [3.05, 3.63) is 29.3 Å². The Balaban J connectivity index is 0.00000392. The second-order valence-corrected chi connectivity index (χ2v) is 6.93. The summed E-state index contributed by atoms with van der Waals surface area (Å²) in [6.07, 6.45) is 3.27. The molecule has 0 bridgehead atoms. The van der Waals surface area contributed by atoms with Gasteiger partial charge in [0.15, 0.2) is 5.96 Å². The maximum absolute atomic E-state index is 5.89. The van der Waals surface area contributed by atoms with Crippen molar-refractivity contribution >= 4 is 41.5 Å². The SMILES string of the molecule is CCNC(=NCCCOC1CCOCC1)N(C)CCOc1ccc(Cl)cc1.I. The van der Waals surface area contributed by atoms with Gasteiger partial charge in [-0.2, -0.15) is 0 Å². The number of hydrogen-bond acceptors (Lipinski definition) is 4. The lowest BCUT2D eigenvalue weighted by atomic mass is 10.1. The summed E-state index contributed by atoms with van der Waals surface area (Å²) in [5.74, 6) is 1.71. The highest BCUT2D eigenvalue weighted by molar-refractivity contribution is 14.0. The van der Waals surface area contributed by atoms with Crippen molar-refractivity contribution in [2.75, 3.05) is 53.1 Å². The van der Waals surface area contributed by atoms with E-state index in [-0.39, 0.29) is 24.0 Å². The van der Waals surface area contributed by atoms with Crippen molar-refractivity contribution in [3.8, 4) is 5.75 Å². The fourth-order valence-electron chi connectivity index (χ4n) is 2.75. The Morgan fingerprint density at radius 2 is 1.96 bits per heavy atom. The van der Waals surface area contributed by atoms with Gasteiger partial charge >= 0.3 is 0 Å². The van der Waals surface area contributed by atoms with Crippen molar-refractivity contribution in [1.29, 1.82) is 0 Å². The number of nitrogens with one attached hydrogen (secondary N) is 1. The first kappa shape index (κ1) is 25.3. The smallest absolute Gasteiger partial charge is 0.193 e. The molecule has 0 amide bonds. The van der Waals surface area contributed by atoms with Crippen molar-refractivity contribution in [2.24, 2.45) is 4.99 Å². The molecule has 0 atom stereocenters. The molecule has 8 heteroatoms. The van der Waals surface area contributed by atoms with Crippen LogP contribution in [0, 0.1) is 0 Å². The third-order valence-corrected chi connectivity index (χ3v) is 4.54. The predicted octanol–water partition coefficient (Wildman–Crippen LogP) is 3.82. The van der Waals surface area contributed by atoms with E-state index in [4.69, 9.17) is 25.8 Å². The lowest BCUT2D eigenvalue weighted by Gasteiger charge is -2.23. The molecule has 160 valence electrons. The number of rotatable bonds is 10. The third kappa shape index (κ3) is 10.1. The van der Waals surface area contributed by atoms with Crippen molar-refractivity contribution in [1.82, 2.24) is 10.2 Å². The van der Waals surface area contributed by atoms with Crippen LogP contribution in [0.2, 0.25) is 5.02 Å². The van der Waals surface area contributed by atoms with E-state index in [9.17, 15) is 0 Å². The second-order valence-electron chi connectivity index (χ2n) is 6.50. The van der Waals surface area contributed by atoms with Gasteiger partial charge in [0.05, 0.1) is 12.6 Å². The highest BCUT2D eigenvalue weighted by Gasteiger charge is 2.13. The van der Waals surface area contributed by atoms with Gasteiger partial charge in [-0.1, -0.05) is 11.6 Å². The first-order chi connectivity index (χ1) is 13.2. The standard InChI is InChI=1S/C20H32ClN3O3.HI/c1-3-22-20(23-11-4-13-26-19-9-14-25-15-10-19)24(2)12-16-27-18-7-5-17(21)6-8-18;/h5-8,19H,3-4,9-16H2,1-2H3,(H,22,23);1H. The molecule has 0 aromatic heterocycles. The maximum atomic E-state index is 5.89. The summed E-state index contributed by atoms with van der Waals surface area (Å²) in [7, 11) is 2.02. The minimum Gasteiger partial charge on any atom is -0.492 e. The zero-order chi connectivity index (χ0) is 19.3. The van der Waals surface area contributed by atoms with Crippen LogP contribution in [0.3, 0.4) is 0 Å². The van der Waals surface area contributed by atoms with E-state index in [2.05, 4.69) is 22.1 Å². The van der Waals surface area contributed by atoms with Gasteiger partial charge in [0.2, 0.25) is 0 Å². The van der Waals surface area contributed by atoms with E-state index in [0.717, 1.165) is 70.4 Å². The first-order valence-corrected chi connectivity index (χ1v) is 10.1. The van der Waals surface area contributed by atoms with Gasteiger partial charge in [-0.15, -0.1) is 24.0 Å². The Labute approximate surface area is 191 Å². The van der Waals surface area contributed by atoms with Crippen LogP contribution in [0.4, 0.5) is 0 Å². The average molecular weight is 526 g/mol. The van der Waals surface area contributed by atoms with Crippen LogP contribution in [0.15, 0.2) is 29.3 Å². The normalized spacial score (nSPS) is 15.0. The van der Waals surface area contributed by atoms with Crippen molar-refractivity contribution in [3.63, 3.8) is 0 Å². The highest BCUT2D eigenvalue weighted by Crippen LogP contribution is 2.15. The molecule has 1 heterocycles. The molecule has 0 unspecified atom stereocenters. The largest absolute Gasteiger partial charge is 0.492 e. The number of aliphatic imine (C=N–C) groups is 1. The molecular formula is C20H33ClIN3O3. The molecule has 1 N–H and O–H groups in total. The summed E-state index contributed by atoms with van der Waals surface area (Å²) in [6, 6.07) is 7.41. The molecule has 6 nitrogen and oxygen atoms in total. The summed E-state index contributed by atoms with van der Waals surface area (Å²) >= 11 is 5.89. The first-order valence-electron chi connectivity index (χ1n) is 9.76. The Bertz CT molecular complexity index is 554. The monoisotopic (exact) mass is 525 g/mol. The number of halogens is 2.